The van der Waals surface area contributed by atoms with Crippen LogP contribution in [0, 0.1) is 17.1 Å². The molecule has 0 spiro atoms. The maximum Gasteiger partial charge on any atom is 0.430 e. The minimum Gasteiger partial charge on any atom is -0.377 e. The van der Waals surface area contributed by atoms with Crippen LogP contribution in [0.5, 0.6) is 0 Å². The number of hydrogen-bond acceptors (Lipinski definition) is 4. The van der Waals surface area contributed by atoms with Crippen molar-refractivity contribution in [3.63, 3.8) is 0 Å². The summed E-state index contributed by atoms with van der Waals surface area (Å²) in [5.74, 6) is -0.685. The van der Waals surface area contributed by atoms with E-state index in [4.69, 9.17) is 0 Å². The topological polar surface area (TPSA) is 75.6 Å². The van der Waals surface area contributed by atoms with Crippen LogP contribution in [-0.2, 0) is 7.05 Å². The molecule has 0 atom stereocenters. The number of nitrogens with zero attached hydrogens (tertiary/aromatic N) is 4. The van der Waals surface area contributed by atoms with Gasteiger partial charge in [-0.3, -0.25) is 4.79 Å². The minimum absolute atomic E-state index is 0.123. The molecule has 4 rings (SSSR count). The van der Waals surface area contributed by atoms with Crippen molar-refractivity contribution in [2.75, 3.05) is 6.54 Å². The van der Waals surface area contributed by atoms with E-state index in [1.165, 1.54) is 45.8 Å². The third-order valence-electron chi connectivity index (χ3n) is 5.04. The number of pyridine rings is 1. The Morgan fingerprint density at radius 2 is 1.97 bits per heavy atom. The molecule has 1 aromatic carbocycles. The smallest absolute Gasteiger partial charge is 0.377 e. The van der Waals surface area contributed by atoms with Crippen LogP contribution in [0.1, 0.15) is 11.1 Å². The van der Waals surface area contributed by atoms with Gasteiger partial charge < -0.3 is 9.88 Å². The van der Waals surface area contributed by atoms with Gasteiger partial charge in [-0.05, 0) is 29.3 Å². The Morgan fingerprint density at radius 1 is 1.19 bits per heavy atom. The highest BCUT2D eigenvalue weighted by Crippen LogP contribution is 2.32. The molecule has 1 aliphatic heterocycles. The summed E-state index contributed by atoms with van der Waals surface area (Å²) in [6, 6.07) is 7.31. The monoisotopic (exact) mass is 441 g/mol. The standard InChI is InChI=1S/C22H15F4N5O/c1-30-12-17(14-10-29-31(11-14)19-4-2-3-18(23)16(19)8-27)15(7-21(30)32)13-5-6-20(28-9-13)22(24,25)26/h2-7,10-12,28H,9H2,1H3. The fraction of sp³-hybridized carbons (Fsp3) is 0.136. The fourth-order valence-electron chi connectivity index (χ4n) is 3.41. The van der Waals surface area contributed by atoms with Gasteiger partial charge in [-0.2, -0.15) is 23.5 Å². The van der Waals surface area contributed by atoms with E-state index in [0.29, 0.717) is 22.3 Å². The van der Waals surface area contributed by atoms with Crippen LogP contribution in [0.25, 0.3) is 22.4 Å². The van der Waals surface area contributed by atoms with Gasteiger partial charge >= 0.3 is 6.18 Å². The second kappa shape index (κ2) is 7.85. The van der Waals surface area contributed by atoms with Crippen molar-refractivity contribution in [1.82, 2.24) is 19.7 Å². The van der Waals surface area contributed by atoms with E-state index in [-0.39, 0.29) is 23.4 Å². The largest absolute Gasteiger partial charge is 0.430 e. The summed E-state index contributed by atoms with van der Waals surface area (Å²) in [4.78, 5) is 12.3. The molecule has 3 heterocycles. The van der Waals surface area contributed by atoms with Crippen LogP contribution in [0.4, 0.5) is 17.6 Å². The molecule has 162 valence electrons. The first-order valence-corrected chi connectivity index (χ1v) is 9.36. The summed E-state index contributed by atoms with van der Waals surface area (Å²) >= 11 is 0. The molecule has 0 fully saturated rings. The number of rotatable bonds is 3. The van der Waals surface area contributed by atoms with Gasteiger partial charge in [-0.1, -0.05) is 12.1 Å². The van der Waals surface area contributed by atoms with Crippen LogP contribution in [0.15, 0.2) is 65.5 Å². The van der Waals surface area contributed by atoms with Gasteiger partial charge in [-0.15, -0.1) is 0 Å². The summed E-state index contributed by atoms with van der Waals surface area (Å²) < 4.78 is 55.4. The Bertz CT molecular complexity index is 1370. The van der Waals surface area contributed by atoms with Crippen LogP contribution in [0.2, 0.25) is 0 Å². The summed E-state index contributed by atoms with van der Waals surface area (Å²) in [5, 5.41) is 15.8. The molecule has 0 unspecified atom stereocenters. The predicted molar refractivity (Wildman–Crippen MR) is 109 cm³/mol. The highest BCUT2D eigenvalue weighted by molar-refractivity contribution is 5.82. The summed E-state index contributed by atoms with van der Waals surface area (Å²) in [7, 11) is 1.55. The van der Waals surface area contributed by atoms with Crippen LogP contribution >= 0.6 is 0 Å². The number of aryl methyl sites for hydroxylation is 1. The molecule has 0 saturated heterocycles. The zero-order chi connectivity index (χ0) is 23.0. The Morgan fingerprint density at radius 3 is 2.62 bits per heavy atom. The van der Waals surface area contributed by atoms with Gasteiger partial charge in [-0.25, -0.2) is 9.07 Å². The first kappa shape index (κ1) is 21.1. The maximum absolute atomic E-state index is 14.0. The van der Waals surface area contributed by atoms with Crippen LogP contribution in [0.3, 0.4) is 0 Å². The van der Waals surface area contributed by atoms with Gasteiger partial charge in [0.25, 0.3) is 5.56 Å². The number of benzene rings is 1. The lowest BCUT2D eigenvalue weighted by atomic mass is 9.96. The van der Waals surface area contributed by atoms with Crippen molar-refractivity contribution in [3.8, 4) is 22.9 Å². The van der Waals surface area contributed by atoms with Crippen molar-refractivity contribution in [2.24, 2.45) is 7.05 Å². The van der Waals surface area contributed by atoms with Crippen molar-refractivity contribution >= 4 is 5.57 Å². The van der Waals surface area contributed by atoms with E-state index >= 15 is 0 Å². The van der Waals surface area contributed by atoms with E-state index in [1.807, 2.05) is 6.07 Å². The van der Waals surface area contributed by atoms with Crippen molar-refractivity contribution in [3.05, 3.63) is 88.0 Å². The Hall–Kier alpha value is -4.13. The molecule has 0 aliphatic carbocycles. The first-order chi connectivity index (χ1) is 15.2. The van der Waals surface area contributed by atoms with Crippen LogP contribution < -0.4 is 10.9 Å². The van der Waals surface area contributed by atoms with Crippen molar-refractivity contribution < 1.29 is 17.6 Å². The van der Waals surface area contributed by atoms with Gasteiger partial charge in [0.05, 0.1) is 11.9 Å². The molecule has 2 aromatic heterocycles. The Balaban J connectivity index is 1.82. The van der Waals surface area contributed by atoms with Gasteiger partial charge in [0.1, 0.15) is 23.1 Å². The summed E-state index contributed by atoms with van der Waals surface area (Å²) in [5.41, 5.74) is 0.877. The quantitative estimate of drug-likeness (QED) is 0.630. The molecule has 0 radical (unpaired) electrons. The maximum atomic E-state index is 14.0. The first-order valence-electron chi connectivity index (χ1n) is 9.36. The lowest BCUT2D eigenvalue weighted by Crippen LogP contribution is -2.30. The average Bonchev–Trinajstić information content (AvgIpc) is 3.24. The van der Waals surface area contributed by atoms with Gasteiger partial charge in [0, 0.05) is 43.2 Å². The number of dihydropyridines is 1. The van der Waals surface area contributed by atoms with Crippen molar-refractivity contribution in [1.29, 1.82) is 5.26 Å². The number of halogens is 4. The molecule has 10 heteroatoms. The number of hydrogen-bond donors (Lipinski definition) is 1. The second-order valence-corrected chi connectivity index (χ2v) is 7.09. The third kappa shape index (κ3) is 3.80. The summed E-state index contributed by atoms with van der Waals surface area (Å²) in [6.07, 6.45) is 2.34. The zero-order valence-electron chi connectivity index (χ0n) is 16.6. The molecule has 3 aromatic rings. The Labute approximate surface area is 179 Å². The van der Waals surface area contributed by atoms with E-state index in [1.54, 1.807) is 19.4 Å². The average molecular weight is 441 g/mol. The number of aromatic nitrogens is 3. The normalized spacial score (nSPS) is 13.8. The van der Waals surface area contributed by atoms with E-state index in [0.717, 1.165) is 6.08 Å². The lowest BCUT2D eigenvalue weighted by Gasteiger charge is -2.21. The minimum atomic E-state index is -4.50. The second-order valence-electron chi connectivity index (χ2n) is 7.09. The number of allylic oxidation sites excluding steroid dienone is 3. The SMILES string of the molecule is Cn1cc(-c2cnn(-c3cccc(F)c3C#N)c2)c(C2=CC=C(C(F)(F)F)NC2)cc1=O. The number of nitrogens with one attached hydrogen (secondary N) is 1. The highest BCUT2D eigenvalue weighted by atomic mass is 19.4. The number of alkyl halides is 3. The molecule has 6 nitrogen and oxygen atoms in total. The van der Waals surface area contributed by atoms with E-state index < -0.39 is 17.7 Å². The predicted octanol–water partition coefficient (Wildman–Crippen LogP) is 3.68. The van der Waals surface area contributed by atoms with E-state index in [2.05, 4.69) is 10.4 Å². The fourth-order valence-corrected chi connectivity index (χ4v) is 3.41. The highest BCUT2D eigenvalue weighted by Gasteiger charge is 2.34. The lowest BCUT2D eigenvalue weighted by molar-refractivity contribution is -0.0964. The third-order valence-corrected chi connectivity index (χ3v) is 5.04. The molecule has 1 N–H and O–H groups in total. The molecule has 32 heavy (non-hydrogen) atoms. The molecular formula is C22H15F4N5O. The summed E-state index contributed by atoms with van der Waals surface area (Å²) in [6.45, 7) is -0.123. The van der Waals surface area contributed by atoms with Crippen LogP contribution in [-0.4, -0.2) is 27.1 Å². The molecular weight excluding hydrogens is 426 g/mol. The van der Waals surface area contributed by atoms with Crippen molar-refractivity contribution in [2.45, 2.75) is 6.18 Å². The molecule has 1 aliphatic rings. The number of nitriles is 1. The van der Waals surface area contributed by atoms with Gasteiger partial charge in [0.2, 0.25) is 0 Å². The van der Waals surface area contributed by atoms with E-state index in [9.17, 15) is 27.6 Å². The zero-order valence-corrected chi connectivity index (χ0v) is 16.6. The molecule has 0 saturated carbocycles. The molecule has 0 bridgehead atoms. The molecule has 0 amide bonds. The Kier molecular flexibility index (Phi) is 5.18. The van der Waals surface area contributed by atoms with Gasteiger partial charge in [0.15, 0.2) is 0 Å².